The van der Waals surface area contributed by atoms with Crippen LogP contribution in [-0.4, -0.2) is 55.7 Å². The number of nitrogens with two attached hydrogens (primary N) is 1. The third-order valence-electron chi connectivity index (χ3n) is 3.26. The lowest BCUT2D eigenvalue weighted by Crippen LogP contribution is -2.65. The van der Waals surface area contributed by atoms with Crippen molar-refractivity contribution in [2.24, 2.45) is 11.1 Å². The van der Waals surface area contributed by atoms with E-state index in [1.807, 2.05) is 20.8 Å². The molecule has 0 unspecified atom stereocenters. The summed E-state index contributed by atoms with van der Waals surface area (Å²) in [5.41, 5.74) is 4.96. The lowest BCUT2D eigenvalue weighted by atomic mass is 9.81. The average molecular weight is 272 g/mol. The van der Waals surface area contributed by atoms with E-state index in [9.17, 15) is 4.79 Å². The number of likely N-dealkylation sites (tertiary alicyclic amines) is 1. The molecule has 2 saturated heterocycles. The van der Waals surface area contributed by atoms with E-state index in [0.717, 1.165) is 0 Å². The fourth-order valence-corrected chi connectivity index (χ4v) is 2.33. The van der Waals surface area contributed by atoms with Gasteiger partial charge in [-0.25, -0.2) is 4.79 Å². The van der Waals surface area contributed by atoms with Crippen LogP contribution in [0.4, 0.5) is 4.79 Å². The molecule has 0 atom stereocenters. The first-order chi connectivity index (χ1) is 8.84. The second kappa shape index (κ2) is 5.26. The van der Waals surface area contributed by atoms with E-state index in [1.54, 1.807) is 4.90 Å². The molecule has 0 aliphatic carbocycles. The third kappa shape index (κ3) is 3.58. The minimum absolute atomic E-state index is 0.0536. The van der Waals surface area contributed by atoms with Crippen molar-refractivity contribution in [2.45, 2.75) is 39.1 Å². The summed E-state index contributed by atoms with van der Waals surface area (Å²) in [5, 5.41) is 0. The summed E-state index contributed by atoms with van der Waals surface area (Å²) in [6, 6.07) is 0. The fourth-order valence-electron chi connectivity index (χ4n) is 2.33. The highest BCUT2D eigenvalue weighted by Gasteiger charge is 2.49. The third-order valence-corrected chi connectivity index (χ3v) is 3.26. The van der Waals surface area contributed by atoms with Crippen molar-refractivity contribution in [3.05, 3.63) is 0 Å². The van der Waals surface area contributed by atoms with E-state index < -0.39 is 5.60 Å². The number of nitrogens with zero attached hydrogens (tertiary/aromatic N) is 1. The van der Waals surface area contributed by atoms with E-state index in [2.05, 4.69) is 0 Å². The second-order valence-corrected chi connectivity index (χ2v) is 6.47. The summed E-state index contributed by atoms with van der Waals surface area (Å²) in [7, 11) is 0. The van der Waals surface area contributed by atoms with Crippen LogP contribution in [0.5, 0.6) is 0 Å². The molecule has 1 spiro atoms. The van der Waals surface area contributed by atoms with Gasteiger partial charge in [0.25, 0.3) is 0 Å². The Morgan fingerprint density at radius 2 is 1.95 bits per heavy atom. The Bertz CT molecular complexity index is 324. The van der Waals surface area contributed by atoms with Gasteiger partial charge in [-0.15, -0.1) is 0 Å². The van der Waals surface area contributed by atoms with Crippen LogP contribution in [0.25, 0.3) is 0 Å². The van der Waals surface area contributed by atoms with E-state index in [1.165, 1.54) is 0 Å². The molecule has 0 saturated carbocycles. The first-order valence-electron chi connectivity index (χ1n) is 6.75. The molecule has 2 aliphatic heterocycles. The maximum absolute atomic E-state index is 11.8. The zero-order chi connectivity index (χ0) is 14.1. The number of rotatable bonds is 2. The molecule has 6 heteroatoms. The molecule has 19 heavy (non-hydrogen) atoms. The topological polar surface area (TPSA) is 74.0 Å². The zero-order valence-corrected chi connectivity index (χ0v) is 12.0. The van der Waals surface area contributed by atoms with Crippen molar-refractivity contribution in [1.82, 2.24) is 4.90 Å². The normalized spacial score (nSPS) is 23.3. The van der Waals surface area contributed by atoms with Gasteiger partial charge in [0.2, 0.25) is 0 Å². The molecular weight excluding hydrogens is 248 g/mol. The molecule has 0 aromatic carbocycles. The van der Waals surface area contributed by atoms with Crippen LogP contribution in [0, 0.1) is 5.41 Å². The predicted molar refractivity (Wildman–Crippen MR) is 69.6 cm³/mol. The molecule has 2 fully saturated rings. The Morgan fingerprint density at radius 3 is 2.42 bits per heavy atom. The lowest BCUT2D eigenvalue weighted by molar-refractivity contribution is -0.254. The Balaban J connectivity index is 1.75. The maximum Gasteiger partial charge on any atom is 0.410 e. The fraction of sp³-hybridized carbons (Fsp3) is 0.923. The summed E-state index contributed by atoms with van der Waals surface area (Å²) in [6.07, 6.45) is 0.264. The van der Waals surface area contributed by atoms with Crippen LogP contribution in [0.3, 0.4) is 0 Å². The van der Waals surface area contributed by atoms with Gasteiger partial charge in [0.1, 0.15) is 5.60 Å². The summed E-state index contributed by atoms with van der Waals surface area (Å²) >= 11 is 0. The van der Waals surface area contributed by atoms with Crippen LogP contribution in [0.15, 0.2) is 0 Å². The molecule has 0 bridgehead atoms. The molecule has 6 nitrogen and oxygen atoms in total. The standard InChI is InChI=1S/C13H24N2O4/c1-12(2,3)19-11(16)15-6-13(7-15)8-17-10(4-5-14)18-9-13/h10H,4-9,14H2,1-3H3. The SMILES string of the molecule is CC(C)(C)OC(=O)N1CC2(COC(CCN)OC2)C1. The highest BCUT2D eigenvalue weighted by atomic mass is 16.7. The maximum atomic E-state index is 11.8. The van der Waals surface area contributed by atoms with Crippen molar-refractivity contribution in [3.63, 3.8) is 0 Å². The van der Waals surface area contributed by atoms with Crippen LogP contribution < -0.4 is 5.73 Å². The molecule has 1 amide bonds. The van der Waals surface area contributed by atoms with Gasteiger partial charge in [-0.1, -0.05) is 0 Å². The Labute approximate surface area is 114 Å². The van der Waals surface area contributed by atoms with Crippen molar-refractivity contribution < 1.29 is 19.0 Å². The highest BCUT2D eigenvalue weighted by molar-refractivity contribution is 5.69. The average Bonchev–Trinajstić information content (AvgIpc) is 2.25. The minimum Gasteiger partial charge on any atom is -0.444 e. The molecule has 2 N–H and O–H groups in total. The number of hydrogen-bond acceptors (Lipinski definition) is 5. The van der Waals surface area contributed by atoms with Gasteiger partial charge < -0.3 is 24.8 Å². The first-order valence-corrected chi connectivity index (χ1v) is 6.75. The van der Waals surface area contributed by atoms with Crippen LogP contribution in [0.2, 0.25) is 0 Å². The number of carbonyl (C=O) groups is 1. The smallest absolute Gasteiger partial charge is 0.410 e. The summed E-state index contributed by atoms with van der Waals surface area (Å²) in [6.45, 7) is 8.67. The van der Waals surface area contributed by atoms with Gasteiger partial charge in [-0.05, 0) is 27.3 Å². The van der Waals surface area contributed by atoms with Gasteiger partial charge >= 0.3 is 6.09 Å². The number of hydrogen-bond donors (Lipinski definition) is 1. The highest BCUT2D eigenvalue weighted by Crippen LogP contribution is 2.36. The predicted octanol–water partition coefficient (Wildman–Crippen LogP) is 0.945. The monoisotopic (exact) mass is 272 g/mol. The van der Waals surface area contributed by atoms with E-state index in [0.29, 0.717) is 39.3 Å². The Kier molecular flexibility index (Phi) is 4.03. The molecule has 2 rings (SSSR count). The number of ether oxygens (including phenoxy) is 3. The van der Waals surface area contributed by atoms with Gasteiger partial charge in [0.15, 0.2) is 6.29 Å². The minimum atomic E-state index is -0.453. The Hall–Kier alpha value is -0.850. The lowest BCUT2D eigenvalue weighted by Gasteiger charge is -2.52. The van der Waals surface area contributed by atoms with Crippen LogP contribution in [0.1, 0.15) is 27.2 Å². The Morgan fingerprint density at radius 1 is 1.37 bits per heavy atom. The van der Waals surface area contributed by atoms with Gasteiger partial charge in [0, 0.05) is 19.5 Å². The van der Waals surface area contributed by atoms with Crippen LogP contribution in [-0.2, 0) is 14.2 Å². The molecular formula is C13H24N2O4. The van der Waals surface area contributed by atoms with E-state index >= 15 is 0 Å². The first kappa shape index (κ1) is 14.6. The van der Waals surface area contributed by atoms with E-state index in [-0.39, 0.29) is 17.8 Å². The number of carbonyl (C=O) groups excluding carboxylic acids is 1. The van der Waals surface area contributed by atoms with Crippen molar-refractivity contribution >= 4 is 6.09 Å². The molecule has 0 aromatic rings. The molecule has 0 aromatic heterocycles. The van der Waals surface area contributed by atoms with Crippen molar-refractivity contribution in [3.8, 4) is 0 Å². The summed E-state index contributed by atoms with van der Waals surface area (Å²) in [4.78, 5) is 13.5. The largest absolute Gasteiger partial charge is 0.444 e. The molecule has 2 aliphatic rings. The van der Waals surface area contributed by atoms with Gasteiger partial charge in [-0.3, -0.25) is 0 Å². The second-order valence-electron chi connectivity index (χ2n) is 6.47. The zero-order valence-electron chi connectivity index (χ0n) is 12.0. The molecule has 0 radical (unpaired) electrons. The molecule has 2 heterocycles. The summed E-state index contributed by atoms with van der Waals surface area (Å²) < 4.78 is 16.6. The van der Waals surface area contributed by atoms with Crippen LogP contribution >= 0.6 is 0 Å². The quantitative estimate of drug-likeness (QED) is 0.810. The van der Waals surface area contributed by atoms with Crippen molar-refractivity contribution in [2.75, 3.05) is 32.8 Å². The van der Waals surface area contributed by atoms with Crippen molar-refractivity contribution in [1.29, 1.82) is 0 Å². The van der Waals surface area contributed by atoms with E-state index in [4.69, 9.17) is 19.9 Å². The van der Waals surface area contributed by atoms with Gasteiger partial charge in [-0.2, -0.15) is 0 Å². The molecule has 110 valence electrons. The van der Waals surface area contributed by atoms with Gasteiger partial charge in [0.05, 0.1) is 18.6 Å². The number of amides is 1. The summed E-state index contributed by atoms with van der Waals surface area (Å²) in [5.74, 6) is 0.